The van der Waals surface area contributed by atoms with E-state index in [9.17, 15) is 25.0 Å². The van der Waals surface area contributed by atoms with Gasteiger partial charge in [-0.05, 0) is 13.0 Å². The molecule has 0 unspecified atom stereocenters. The fraction of sp³-hybridized carbons (Fsp3) is 0.500. The van der Waals surface area contributed by atoms with Crippen molar-refractivity contribution in [3.63, 3.8) is 0 Å². The first-order chi connectivity index (χ1) is 11.9. The summed E-state index contributed by atoms with van der Waals surface area (Å²) in [6.07, 6.45) is 0.667. The number of nitro groups is 2. The zero-order chi connectivity index (χ0) is 18.4. The zero-order valence-electron chi connectivity index (χ0n) is 13.3. The van der Waals surface area contributed by atoms with Gasteiger partial charge in [-0.2, -0.15) is 0 Å². The third-order valence-electron chi connectivity index (χ3n) is 3.73. The normalized spacial score (nSPS) is 14.9. The molecule has 1 amide bonds. The number of nitrogens with one attached hydrogen (secondary N) is 1. The molecular formula is C14H17ClN4O6. The van der Waals surface area contributed by atoms with Crippen molar-refractivity contribution in [3.8, 4) is 0 Å². The highest BCUT2D eigenvalue weighted by molar-refractivity contribution is 6.36. The molecule has 1 saturated heterocycles. The van der Waals surface area contributed by atoms with Crippen molar-refractivity contribution in [3.05, 3.63) is 42.9 Å². The smallest absolute Gasteiger partial charge is 0.295 e. The number of morpholine rings is 1. The van der Waals surface area contributed by atoms with Crippen molar-refractivity contribution in [2.24, 2.45) is 0 Å². The summed E-state index contributed by atoms with van der Waals surface area (Å²) < 4.78 is 5.24. The maximum Gasteiger partial charge on any atom is 0.295 e. The van der Waals surface area contributed by atoms with Gasteiger partial charge in [0.25, 0.3) is 17.3 Å². The average molecular weight is 373 g/mol. The molecule has 0 atom stereocenters. The fourth-order valence-corrected chi connectivity index (χ4v) is 2.69. The molecule has 11 heteroatoms. The minimum Gasteiger partial charge on any atom is -0.379 e. The zero-order valence-corrected chi connectivity index (χ0v) is 14.0. The molecule has 1 aliphatic rings. The van der Waals surface area contributed by atoms with Gasteiger partial charge in [0.2, 0.25) is 0 Å². The van der Waals surface area contributed by atoms with Gasteiger partial charge < -0.3 is 10.1 Å². The molecule has 1 aromatic rings. The van der Waals surface area contributed by atoms with Crippen LogP contribution in [0.4, 0.5) is 11.4 Å². The van der Waals surface area contributed by atoms with Crippen molar-refractivity contribution < 1.29 is 19.4 Å². The molecule has 1 fully saturated rings. The first-order valence-corrected chi connectivity index (χ1v) is 7.98. The lowest BCUT2D eigenvalue weighted by Crippen LogP contribution is -2.38. The van der Waals surface area contributed by atoms with E-state index in [1.807, 2.05) is 0 Å². The lowest BCUT2D eigenvalue weighted by atomic mass is 10.1. The van der Waals surface area contributed by atoms with Crippen molar-refractivity contribution in [1.29, 1.82) is 0 Å². The Morgan fingerprint density at radius 3 is 2.52 bits per heavy atom. The van der Waals surface area contributed by atoms with Crippen molar-refractivity contribution >= 4 is 28.9 Å². The van der Waals surface area contributed by atoms with E-state index in [-0.39, 0.29) is 5.56 Å². The molecule has 1 heterocycles. The minimum atomic E-state index is -0.857. The molecule has 2 rings (SSSR count). The lowest BCUT2D eigenvalue weighted by molar-refractivity contribution is -0.394. The highest BCUT2D eigenvalue weighted by Gasteiger charge is 2.26. The van der Waals surface area contributed by atoms with E-state index >= 15 is 0 Å². The van der Waals surface area contributed by atoms with Gasteiger partial charge in [0, 0.05) is 25.7 Å². The predicted octanol–water partition coefficient (Wildman–Crippen LogP) is 1.61. The largest absolute Gasteiger partial charge is 0.379 e. The number of carbonyl (C=O) groups is 1. The lowest BCUT2D eigenvalue weighted by Gasteiger charge is -2.26. The quantitative estimate of drug-likeness (QED) is 0.437. The summed E-state index contributed by atoms with van der Waals surface area (Å²) in [6.45, 7) is 4.11. The van der Waals surface area contributed by atoms with E-state index in [1.54, 1.807) is 0 Å². The molecular weight excluding hydrogens is 356 g/mol. The van der Waals surface area contributed by atoms with Crippen LogP contribution in [0.3, 0.4) is 0 Å². The molecule has 10 nitrogen and oxygen atoms in total. The monoisotopic (exact) mass is 372 g/mol. The van der Waals surface area contributed by atoms with E-state index in [4.69, 9.17) is 16.3 Å². The predicted molar refractivity (Wildman–Crippen MR) is 89.0 cm³/mol. The number of amides is 1. The van der Waals surface area contributed by atoms with Crippen LogP contribution in [0.2, 0.25) is 5.02 Å². The highest BCUT2D eigenvalue weighted by Crippen LogP contribution is 2.32. The molecule has 0 spiro atoms. The van der Waals surface area contributed by atoms with E-state index in [2.05, 4.69) is 10.2 Å². The van der Waals surface area contributed by atoms with Gasteiger partial charge >= 0.3 is 0 Å². The summed E-state index contributed by atoms with van der Waals surface area (Å²) in [5.41, 5.74) is -1.52. The number of hydrogen-bond donors (Lipinski definition) is 1. The maximum absolute atomic E-state index is 12.2. The van der Waals surface area contributed by atoms with Crippen LogP contribution in [0.15, 0.2) is 12.1 Å². The first-order valence-electron chi connectivity index (χ1n) is 7.60. The Morgan fingerprint density at radius 2 is 1.92 bits per heavy atom. The van der Waals surface area contributed by atoms with Crippen LogP contribution in [0.25, 0.3) is 0 Å². The Bertz CT molecular complexity index is 678. The Labute approximate surface area is 148 Å². The van der Waals surface area contributed by atoms with Gasteiger partial charge in [0.15, 0.2) is 0 Å². The topological polar surface area (TPSA) is 128 Å². The van der Waals surface area contributed by atoms with Crippen LogP contribution in [0, 0.1) is 20.2 Å². The molecule has 25 heavy (non-hydrogen) atoms. The van der Waals surface area contributed by atoms with Crippen LogP contribution in [-0.4, -0.2) is 60.0 Å². The number of ether oxygens (including phenoxy) is 1. The summed E-state index contributed by atoms with van der Waals surface area (Å²) in [7, 11) is 0. The fourth-order valence-electron chi connectivity index (χ4n) is 2.42. The molecule has 136 valence electrons. The third-order valence-corrected chi connectivity index (χ3v) is 4.13. The van der Waals surface area contributed by atoms with Crippen LogP contribution in [0.1, 0.15) is 16.8 Å². The summed E-state index contributed by atoms with van der Waals surface area (Å²) >= 11 is 5.86. The van der Waals surface area contributed by atoms with Crippen molar-refractivity contribution in [2.45, 2.75) is 6.42 Å². The third kappa shape index (κ3) is 5.08. The number of nitro benzene ring substituents is 2. The number of non-ortho nitro benzene ring substituents is 1. The van der Waals surface area contributed by atoms with E-state index < -0.39 is 32.2 Å². The van der Waals surface area contributed by atoms with Crippen molar-refractivity contribution in [1.82, 2.24) is 10.2 Å². The Morgan fingerprint density at radius 1 is 1.24 bits per heavy atom. The molecule has 0 bridgehead atoms. The number of carbonyl (C=O) groups excluding carboxylic acids is 1. The van der Waals surface area contributed by atoms with Crippen LogP contribution in [-0.2, 0) is 4.74 Å². The Balaban J connectivity index is 2.00. The number of benzene rings is 1. The molecule has 1 aliphatic heterocycles. The molecule has 1 aromatic carbocycles. The van der Waals surface area contributed by atoms with Gasteiger partial charge in [0.05, 0.1) is 34.7 Å². The number of hydrogen-bond acceptors (Lipinski definition) is 7. The van der Waals surface area contributed by atoms with Gasteiger partial charge in [-0.3, -0.25) is 29.9 Å². The summed E-state index contributed by atoms with van der Waals surface area (Å²) in [6, 6.07) is 1.67. The molecule has 0 aromatic heterocycles. The molecule has 0 radical (unpaired) electrons. The minimum absolute atomic E-state index is 0.283. The molecule has 0 aliphatic carbocycles. The van der Waals surface area contributed by atoms with Crippen LogP contribution < -0.4 is 5.32 Å². The summed E-state index contributed by atoms with van der Waals surface area (Å²) in [5.74, 6) is -0.682. The van der Waals surface area contributed by atoms with E-state index in [0.717, 1.165) is 31.8 Å². The summed E-state index contributed by atoms with van der Waals surface area (Å²) in [5, 5.41) is 24.0. The second-order valence-corrected chi connectivity index (χ2v) is 5.78. The first kappa shape index (κ1) is 19.0. The Hall–Kier alpha value is -2.30. The number of rotatable bonds is 7. The number of halogens is 1. The van der Waals surface area contributed by atoms with E-state index in [0.29, 0.717) is 26.2 Å². The van der Waals surface area contributed by atoms with Crippen molar-refractivity contribution in [2.75, 3.05) is 39.4 Å². The highest BCUT2D eigenvalue weighted by atomic mass is 35.5. The van der Waals surface area contributed by atoms with Gasteiger partial charge in [0.1, 0.15) is 5.02 Å². The SMILES string of the molecule is O=C(NCCCN1CCOCC1)c1cc([N+](=O)[O-])cc([N+](=O)[O-])c1Cl. The van der Waals surface area contributed by atoms with Gasteiger partial charge in [-0.25, -0.2) is 0 Å². The summed E-state index contributed by atoms with van der Waals surface area (Å²) in [4.78, 5) is 34.6. The molecule has 1 N–H and O–H groups in total. The van der Waals surface area contributed by atoms with E-state index in [1.165, 1.54) is 0 Å². The van der Waals surface area contributed by atoms with Crippen LogP contribution in [0.5, 0.6) is 0 Å². The standard InChI is InChI=1S/C14H17ClN4O6/c15-13-11(8-10(18(21)22)9-12(13)19(23)24)14(20)16-2-1-3-17-4-6-25-7-5-17/h8-9H,1-7H2,(H,16,20). The van der Waals surface area contributed by atoms with Gasteiger partial charge in [-0.1, -0.05) is 11.6 Å². The molecule has 0 saturated carbocycles. The Kier molecular flexibility index (Phi) is 6.62. The second kappa shape index (κ2) is 8.70. The second-order valence-electron chi connectivity index (χ2n) is 5.40. The van der Waals surface area contributed by atoms with Crippen LogP contribution >= 0.6 is 11.6 Å². The maximum atomic E-state index is 12.2. The average Bonchev–Trinajstić information content (AvgIpc) is 2.59. The number of nitrogens with zero attached hydrogens (tertiary/aromatic N) is 3. The van der Waals surface area contributed by atoms with Gasteiger partial charge in [-0.15, -0.1) is 0 Å².